The predicted octanol–water partition coefficient (Wildman–Crippen LogP) is 1.22. The first kappa shape index (κ1) is 12.7. The summed E-state index contributed by atoms with van der Waals surface area (Å²) in [5.74, 6) is 5.76. The van der Waals surface area contributed by atoms with Crippen LogP contribution in [0.15, 0.2) is 46.3 Å². The summed E-state index contributed by atoms with van der Waals surface area (Å²) >= 11 is 1.43. The van der Waals surface area contributed by atoms with E-state index in [0.29, 0.717) is 17.1 Å². The molecule has 3 N–H and O–H groups in total. The Labute approximate surface area is 118 Å². The predicted molar refractivity (Wildman–Crippen MR) is 72.9 cm³/mol. The summed E-state index contributed by atoms with van der Waals surface area (Å²) in [5, 5.41) is 8.89. The van der Waals surface area contributed by atoms with Crippen molar-refractivity contribution in [2.75, 3.05) is 0 Å². The second-order valence-electron chi connectivity index (χ2n) is 3.93. The van der Waals surface area contributed by atoms with Gasteiger partial charge in [-0.3, -0.25) is 14.6 Å². The maximum Gasteiger partial charge on any atom is 0.268 e. The minimum absolute atomic E-state index is 0.375. The molecule has 0 saturated heterocycles. The Morgan fingerprint density at radius 2 is 2.30 bits per heavy atom. The smallest absolute Gasteiger partial charge is 0.268 e. The summed E-state index contributed by atoms with van der Waals surface area (Å²) in [4.78, 5) is 11.5. The van der Waals surface area contributed by atoms with E-state index in [-0.39, 0.29) is 5.91 Å². The average Bonchev–Trinajstić information content (AvgIpc) is 3.11. The van der Waals surface area contributed by atoms with Gasteiger partial charge in [0, 0.05) is 6.20 Å². The minimum Gasteiger partial charge on any atom is -0.468 e. The number of fused-ring (bicyclic) bond motifs is 1. The number of hydrazine groups is 1. The van der Waals surface area contributed by atoms with Gasteiger partial charge in [0.2, 0.25) is 0 Å². The highest BCUT2D eigenvalue weighted by Gasteiger charge is 2.15. The van der Waals surface area contributed by atoms with Crippen molar-refractivity contribution in [1.29, 1.82) is 0 Å². The van der Waals surface area contributed by atoms with Crippen LogP contribution in [-0.4, -0.2) is 20.5 Å². The molecule has 0 atom stereocenters. The molecule has 3 heterocycles. The molecule has 0 aliphatic carbocycles. The third-order valence-corrected chi connectivity index (χ3v) is 3.68. The molecule has 102 valence electrons. The molecule has 0 bridgehead atoms. The second-order valence-corrected chi connectivity index (χ2v) is 4.87. The maximum absolute atomic E-state index is 11.5. The molecule has 0 fully saturated rings. The maximum atomic E-state index is 11.5. The van der Waals surface area contributed by atoms with Crippen LogP contribution in [0.4, 0.5) is 0 Å². The van der Waals surface area contributed by atoms with Crippen molar-refractivity contribution < 1.29 is 9.21 Å². The van der Waals surface area contributed by atoms with Crippen LogP contribution in [0.2, 0.25) is 0 Å². The highest BCUT2D eigenvalue weighted by Crippen LogP contribution is 2.24. The highest BCUT2D eigenvalue weighted by molar-refractivity contribution is 7.98. The third-order valence-electron chi connectivity index (χ3n) is 2.74. The van der Waals surface area contributed by atoms with Crippen LogP contribution in [-0.2, 0) is 5.75 Å². The lowest BCUT2D eigenvalue weighted by Crippen LogP contribution is -2.30. The van der Waals surface area contributed by atoms with Gasteiger partial charge in [-0.25, -0.2) is 5.84 Å². The van der Waals surface area contributed by atoms with E-state index in [1.807, 2.05) is 28.8 Å². The first-order valence-corrected chi connectivity index (χ1v) is 6.78. The van der Waals surface area contributed by atoms with Gasteiger partial charge < -0.3 is 4.42 Å². The molecule has 20 heavy (non-hydrogen) atoms. The minimum atomic E-state index is -0.375. The number of hydrogen-bond acceptors (Lipinski definition) is 6. The van der Waals surface area contributed by atoms with Gasteiger partial charge in [-0.05, 0) is 18.2 Å². The number of nitrogens with two attached hydrogens (primary N) is 1. The third kappa shape index (κ3) is 2.26. The van der Waals surface area contributed by atoms with Crippen LogP contribution >= 0.6 is 11.8 Å². The fourth-order valence-electron chi connectivity index (χ4n) is 1.78. The summed E-state index contributed by atoms with van der Waals surface area (Å²) in [6.07, 6.45) is 3.34. The number of nitrogen functional groups attached to an aromatic ring is 1. The van der Waals surface area contributed by atoms with Gasteiger partial charge in [-0.1, -0.05) is 17.8 Å². The highest BCUT2D eigenvalue weighted by atomic mass is 32.2. The van der Waals surface area contributed by atoms with E-state index in [1.54, 1.807) is 6.07 Å². The van der Waals surface area contributed by atoms with E-state index < -0.39 is 0 Å². The SMILES string of the molecule is NNC(=O)c1ccoc1CSc1nnc2ccccn12. The van der Waals surface area contributed by atoms with E-state index >= 15 is 0 Å². The van der Waals surface area contributed by atoms with Crippen LogP contribution in [0.1, 0.15) is 16.1 Å². The van der Waals surface area contributed by atoms with Crippen LogP contribution in [0.5, 0.6) is 0 Å². The number of carbonyl (C=O) groups is 1. The Morgan fingerprint density at radius 1 is 1.40 bits per heavy atom. The van der Waals surface area contributed by atoms with Crippen LogP contribution in [0.3, 0.4) is 0 Å². The molecule has 0 aliphatic heterocycles. The molecule has 0 radical (unpaired) electrons. The van der Waals surface area contributed by atoms with E-state index in [0.717, 1.165) is 10.8 Å². The Bertz CT molecular complexity index is 751. The van der Waals surface area contributed by atoms with Crippen molar-refractivity contribution >= 4 is 23.3 Å². The van der Waals surface area contributed by atoms with Gasteiger partial charge in [0.05, 0.1) is 17.6 Å². The Hall–Kier alpha value is -2.32. The van der Waals surface area contributed by atoms with Crippen LogP contribution < -0.4 is 11.3 Å². The normalized spacial score (nSPS) is 10.8. The number of hydrogen-bond donors (Lipinski definition) is 2. The second kappa shape index (κ2) is 5.35. The molecule has 0 aromatic carbocycles. The number of thioether (sulfide) groups is 1. The number of rotatable bonds is 4. The molecule has 0 aliphatic rings. The van der Waals surface area contributed by atoms with Crippen molar-refractivity contribution in [2.24, 2.45) is 5.84 Å². The van der Waals surface area contributed by atoms with Gasteiger partial charge in [0.1, 0.15) is 5.76 Å². The molecule has 3 rings (SSSR count). The zero-order valence-electron chi connectivity index (χ0n) is 10.3. The fraction of sp³-hybridized carbons (Fsp3) is 0.0833. The number of carbonyl (C=O) groups excluding carboxylic acids is 1. The summed E-state index contributed by atoms with van der Waals surface area (Å²) in [6.45, 7) is 0. The van der Waals surface area contributed by atoms with Gasteiger partial charge in [0.15, 0.2) is 10.8 Å². The quantitative estimate of drug-likeness (QED) is 0.324. The number of furan rings is 1. The molecular weight excluding hydrogens is 278 g/mol. The van der Waals surface area contributed by atoms with Crippen LogP contribution in [0.25, 0.3) is 5.65 Å². The first-order chi connectivity index (χ1) is 9.79. The van der Waals surface area contributed by atoms with Gasteiger partial charge in [-0.15, -0.1) is 10.2 Å². The zero-order valence-corrected chi connectivity index (χ0v) is 11.1. The Balaban J connectivity index is 1.80. The molecule has 7 nitrogen and oxygen atoms in total. The van der Waals surface area contributed by atoms with E-state index in [9.17, 15) is 4.79 Å². The van der Waals surface area contributed by atoms with Crippen molar-refractivity contribution in [2.45, 2.75) is 10.9 Å². The summed E-state index contributed by atoms with van der Waals surface area (Å²) in [6, 6.07) is 7.26. The molecule has 1 amide bonds. The number of nitrogens with zero attached hydrogens (tertiary/aromatic N) is 3. The van der Waals surface area contributed by atoms with E-state index in [4.69, 9.17) is 10.3 Å². The van der Waals surface area contributed by atoms with E-state index in [2.05, 4.69) is 15.6 Å². The van der Waals surface area contributed by atoms with Gasteiger partial charge in [-0.2, -0.15) is 0 Å². The first-order valence-electron chi connectivity index (χ1n) is 5.79. The number of pyridine rings is 1. The number of aromatic nitrogens is 3. The lowest BCUT2D eigenvalue weighted by molar-refractivity contribution is 0.0952. The fourth-order valence-corrected chi connectivity index (χ4v) is 2.66. The number of amides is 1. The number of nitrogens with one attached hydrogen (secondary N) is 1. The lowest BCUT2D eigenvalue weighted by atomic mass is 10.2. The van der Waals surface area contributed by atoms with Gasteiger partial charge >= 0.3 is 0 Å². The largest absolute Gasteiger partial charge is 0.468 e. The summed E-state index contributed by atoms with van der Waals surface area (Å²) in [5.41, 5.74) is 3.29. The van der Waals surface area contributed by atoms with Gasteiger partial charge in [0.25, 0.3) is 5.91 Å². The lowest BCUT2D eigenvalue weighted by Gasteiger charge is -2.01. The van der Waals surface area contributed by atoms with Crippen molar-refractivity contribution in [3.63, 3.8) is 0 Å². The van der Waals surface area contributed by atoms with E-state index in [1.165, 1.54) is 18.0 Å². The molecule has 3 aromatic rings. The zero-order chi connectivity index (χ0) is 13.9. The molecule has 0 saturated carbocycles. The average molecular weight is 289 g/mol. The summed E-state index contributed by atoms with van der Waals surface area (Å²) in [7, 11) is 0. The molecule has 0 spiro atoms. The monoisotopic (exact) mass is 289 g/mol. The molecule has 3 aromatic heterocycles. The topological polar surface area (TPSA) is 98.4 Å². The van der Waals surface area contributed by atoms with Crippen LogP contribution in [0, 0.1) is 0 Å². The standard InChI is InChI=1S/C12H11N5O2S/c13-14-11(18)8-4-6-19-9(8)7-20-12-16-15-10-3-1-2-5-17(10)12/h1-6H,7,13H2,(H,14,18). The van der Waals surface area contributed by atoms with Crippen molar-refractivity contribution in [3.8, 4) is 0 Å². The molecule has 8 heteroatoms. The van der Waals surface area contributed by atoms with Crippen molar-refractivity contribution in [3.05, 3.63) is 48.0 Å². The van der Waals surface area contributed by atoms with Crippen molar-refractivity contribution in [1.82, 2.24) is 20.0 Å². The molecule has 0 unspecified atom stereocenters. The Kier molecular flexibility index (Phi) is 3.40. The molecular formula is C12H11N5O2S. The summed E-state index contributed by atoms with van der Waals surface area (Å²) < 4.78 is 7.17. The Morgan fingerprint density at radius 3 is 3.15 bits per heavy atom.